The van der Waals surface area contributed by atoms with Crippen LogP contribution in [-0.4, -0.2) is 61.9 Å². The van der Waals surface area contributed by atoms with Gasteiger partial charge in [-0.15, -0.1) is 0 Å². The van der Waals surface area contributed by atoms with Gasteiger partial charge in [0.05, 0.1) is 18.2 Å². The molecule has 2 aliphatic rings. The molecule has 0 spiro atoms. The maximum absolute atomic E-state index is 13.2. The van der Waals surface area contributed by atoms with Gasteiger partial charge in [0.2, 0.25) is 10.0 Å². The Bertz CT molecular complexity index is 785. The summed E-state index contributed by atoms with van der Waals surface area (Å²) in [5.74, 6) is -0.132. The summed E-state index contributed by atoms with van der Waals surface area (Å²) >= 11 is 6.21. The molecule has 1 amide bonds. The van der Waals surface area contributed by atoms with Crippen LogP contribution >= 0.6 is 11.6 Å². The molecule has 0 atom stereocenters. The van der Waals surface area contributed by atoms with Crippen molar-refractivity contribution in [2.45, 2.75) is 56.5 Å². The van der Waals surface area contributed by atoms with Gasteiger partial charge in [0.1, 0.15) is 4.90 Å². The molecule has 150 valence electrons. The molecule has 3 rings (SSSR count). The molecule has 0 radical (unpaired) electrons. The number of hydrogen-bond acceptors (Lipinski definition) is 4. The largest absolute Gasteiger partial charge is 0.379 e. The van der Waals surface area contributed by atoms with Crippen LogP contribution in [0.15, 0.2) is 23.1 Å². The number of nitrogens with zero attached hydrogens (tertiary/aromatic N) is 2. The molecular weight excluding hydrogens is 388 g/mol. The highest BCUT2D eigenvalue weighted by Crippen LogP contribution is 2.30. The van der Waals surface area contributed by atoms with Gasteiger partial charge in [-0.25, -0.2) is 8.42 Å². The number of benzene rings is 1. The van der Waals surface area contributed by atoms with Gasteiger partial charge in [0.15, 0.2) is 0 Å². The predicted molar refractivity (Wildman–Crippen MR) is 105 cm³/mol. The van der Waals surface area contributed by atoms with Crippen molar-refractivity contribution in [2.24, 2.45) is 0 Å². The van der Waals surface area contributed by atoms with Crippen molar-refractivity contribution in [1.82, 2.24) is 9.21 Å². The Balaban J connectivity index is 1.93. The van der Waals surface area contributed by atoms with Crippen molar-refractivity contribution in [3.63, 3.8) is 0 Å². The minimum Gasteiger partial charge on any atom is -0.379 e. The van der Waals surface area contributed by atoms with E-state index in [1.807, 2.05) is 18.7 Å². The first kappa shape index (κ1) is 20.6. The van der Waals surface area contributed by atoms with Crippen LogP contribution in [0.4, 0.5) is 0 Å². The lowest BCUT2D eigenvalue weighted by Crippen LogP contribution is -2.44. The van der Waals surface area contributed by atoms with E-state index in [0.29, 0.717) is 18.8 Å². The minimum atomic E-state index is -3.76. The average Bonchev–Trinajstić information content (AvgIpc) is 3.16. The maximum atomic E-state index is 13.2. The molecule has 0 unspecified atom stereocenters. The number of rotatable bonds is 5. The highest BCUT2D eigenvalue weighted by atomic mass is 35.5. The van der Waals surface area contributed by atoms with Gasteiger partial charge in [-0.05, 0) is 44.9 Å². The Morgan fingerprint density at radius 1 is 1.22 bits per heavy atom. The third kappa shape index (κ3) is 4.31. The van der Waals surface area contributed by atoms with E-state index in [0.717, 1.165) is 25.7 Å². The summed E-state index contributed by atoms with van der Waals surface area (Å²) in [7, 11) is -3.76. The van der Waals surface area contributed by atoms with Gasteiger partial charge in [-0.1, -0.05) is 24.4 Å². The second kappa shape index (κ2) is 8.47. The fraction of sp³-hybridized carbons (Fsp3) is 0.632. The van der Waals surface area contributed by atoms with Crippen LogP contribution < -0.4 is 0 Å². The fourth-order valence-electron chi connectivity index (χ4n) is 3.91. The molecule has 0 aromatic heterocycles. The van der Waals surface area contributed by atoms with Gasteiger partial charge < -0.3 is 9.64 Å². The Kier molecular flexibility index (Phi) is 6.46. The van der Waals surface area contributed by atoms with Crippen molar-refractivity contribution in [2.75, 3.05) is 26.3 Å². The molecule has 6 nitrogen and oxygen atoms in total. The van der Waals surface area contributed by atoms with Crippen LogP contribution in [0.5, 0.6) is 0 Å². The zero-order chi connectivity index (χ0) is 19.6. The molecular formula is C19H27ClN2O4S. The smallest absolute Gasteiger partial charge is 0.254 e. The number of amides is 1. The average molecular weight is 415 g/mol. The quantitative estimate of drug-likeness (QED) is 0.742. The van der Waals surface area contributed by atoms with Gasteiger partial charge in [0, 0.05) is 30.7 Å². The Morgan fingerprint density at radius 2 is 1.85 bits per heavy atom. The van der Waals surface area contributed by atoms with Crippen LogP contribution in [0.1, 0.15) is 49.9 Å². The van der Waals surface area contributed by atoms with E-state index in [2.05, 4.69) is 0 Å². The molecule has 1 aliphatic heterocycles. The Hall–Kier alpha value is -1.15. The molecule has 1 aromatic carbocycles. The Labute approximate surface area is 166 Å². The number of halogens is 1. The number of morpholine rings is 1. The first-order chi connectivity index (χ1) is 12.8. The summed E-state index contributed by atoms with van der Waals surface area (Å²) in [5.41, 5.74) is 0.367. The van der Waals surface area contributed by atoms with E-state index < -0.39 is 10.0 Å². The monoisotopic (exact) mass is 414 g/mol. The second-order valence-corrected chi connectivity index (χ2v) is 9.72. The summed E-state index contributed by atoms with van der Waals surface area (Å²) in [6, 6.07) is 4.82. The van der Waals surface area contributed by atoms with Crippen LogP contribution in [-0.2, 0) is 14.8 Å². The van der Waals surface area contributed by atoms with E-state index >= 15 is 0 Å². The lowest BCUT2D eigenvalue weighted by Gasteiger charge is -2.33. The van der Waals surface area contributed by atoms with Gasteiger partial charge >= 0.3 is 0 Å². The summed E-state index contributed by atoms with van der Waals surface area (Å²) in [6.45, 7) is 5.29. The third-order valence-corrected chi connectivity index (χ3v) is 7.66. The molecule has 1 saturated carbocycles. The number of ether oxygens (including phenoxy) is 1. The van der Waals surface area contributed by atoms with Crippen molar-refractivity contribution in [1.29, 1.82) is 0 Å². The second-order valence-electron chi connectivity index (χ2n) is 7.41. The molecule has 2 fully saturated rings. The maximum Gasteiger partial charge on any atom is 0.254 e. The lowest BCUT2D eigenvalue weighted by atomic mass is 10.1. The zero-order valence-electron chi connectivity index (χ0n) is 15.9. The number of carbonyl (C=O) groups excluding carboxylic acids is 1. The topological polar surface area (TPSA) is 66.9 Å². The fourth-order valence-corrected chi connectivity index (χ4v) is 5.82. The van der Waals surface area contributed by atoms with Crippen molar-refractivity contribution >= 4 is 27.5 Å². The summed E-state index contributed by atoms with van der Waals surface area (Å²) in [6.07, 6.45) is 4.24. The normalized spacial score (nSPS) is 19.6. The lowest BCUT2D eigenvalue weighted by molar-refractivity contribution is 0.0613. The number of hydrogen-bond donors (Lipinski definition) is 0. The number of sulfonamides is 1. The van der Waals surface area contributed by atoms with Crippen molar-refractivity contribution in [3.05, 3.63) is 28.8 Å². The molecule has 0 N–H and O–H groups in total. The number of carbonyl (C=O) groups is 1. The molecule has 0 bridgehead atoms. The van der Waals surface area contributed by atoms with Crippen LogP contribution in [0.3, 0.4) is 0 Å². The highest BCUT2D eigenvalue weighted by Gasteiger charge is 2.32. The summed E-state index contributed by atoms with van der Waals surface area (Å²) < 4.78 is 32.6. The van der Waals surface area contributed by atoms with E-state index in [4.69, 9.17) is 16.3 Å². The predicted octanol–water partition coefficient (Wildman–Crippen LogP) is 3.15. The van der Waals surface area contributed by atoms with E-state index in [1.54, 1.807) is 6.07 Å². The molecule has 27 heavy (non-hydrogen) atoms. The first-order valence-corrected chi connectivity index (χ1v) is 11.3. The zero-order valence-corrected chi connectivity index (χ0v) is 17.4. The third-order valence-electron chi connectivity index (χ3n) is 5.27. The van der Waals surface area contributed by atoms with E-state index in [1.165, 1.54) is 16.4 Å². The van der Waals surface area contributed by atoms with Crippen molar-refractivity contribution < 1.29 is 17.9 Å². The first-order valence-electron chi connectivity index (χ1n) is 9.52. The van der Waals surface area contributed by atoms with Crippen LogP contribution in [0, 0.1) is 0 Å². The molecule has 1 aliphatic carbocycles. The molecule has 1 aromatic rings. The molecule has 1 saturated heterocycles. The van der Waals surface area contributed by atoms with Crippen LogP contribution in [0.25, 0.3) is 0 Å². The standard InChI is InChI=1S/C19H27ClN2O4S/c1-14(2)22(16-5-3-4-6-16)19(23)15-7-8-17(20)18(13-15)27(24,25)21-9-11-26-12-10-21/h7-8,13-14,16H,3-6,9-12H2,1-2H3. The summed E-state index contributed by atoms with van der Waals surface area (Å²) in [4.78, 5) is 15.1. The molecule has 8 heteroatoms. The van der Waals surface area contributed by atoms with E-state index in [9.17, 15) is 13.2 Å². The summed E-state index contributed by atoms with van der Waals surface area (Å²) in [5, 5.41) is 0.134. The van der Waals surface area contributed by atoms with Gasteiger partial charge in [-0.2, -0.15) is 4.31 Å². The van der Waals surface area contributed by atoms with E-state index in [-0.39, 0.29) is 41.0 Å². The van der Waals surface area contributed by atoms with Crippen LogP contribution in [0.2, 0.25) is 5.02 Å². The van der Waals surface area contributed by atoms with Crippen molar-refractivity contribution in [3.8, 4) is 0 Å². The SMILES string of the molecule is CC(C)N(C(=O)c1ccc(Cl)c(S(=O)(=O)N2CCOCC2)c1)C1CCCC1. The van der Waals surface area contributed by atoms with Gasteiger partial charge in [-0.3, -0.25) is 4.79 Å². The minimum absolute atomic E-state index is 0.00737. The Morgan fingerprint density at radius 3 is 2.44 bits per heavy atom. The highest BCUT2D eigenvalue weighted by molar-refractivity contribution is 7.89. The molecule has 1 heterocycles. The van der Waals surface area contributed by atoms with Gasteiger partial charge in [0.25, 0.3) is 5.91 Å².